The number of aliphatic hydroxyl groups excluding tert-OH is 1. The van der Waals surface area contributed by atoms with E-state index in [1.807, 2.05) is 0 Å². The monoisotopic (exact) mass is 1250 g/mol. The minimum absolute atomic E-state index is 0.106. The lowest BCUT2D eigenvalue weighted by Crippen LogP contribution is -2.30. The number of phosphoric acid groups is 2. The van der Waals surface area contributed by atoms with E-state index in [0.717, 1.165) is 109 Å². The molecule has 0 aromatic carbocycles. The van der Waals surface area contributed by atoms with E-state index < -0.39 is 97.5 Å². The molecule has 0 fully saturated rings. The van der Waals surface area contributed by atoms with E-state index in [0.29, 0.717) is 25.7 Å². The molecule has 3 N–H and O–H groups in total. The Kier molecular flexibility index (Phi) is 58.3. The molecule has 504 valence electrons. The molecular weight excluding hydrogens is 1130 g/mol. The highest BCUT2D eigenvalue weighted by atomic mass is 31.2. The Bertz CT molecular complexity index is 1650. The number of carbonyl (C=O) groups is 4. The Morgan fingerprint density at radius 1 is 0.318 bits per heavy atom. The summed E-state index contributed by atoms with van der Waals surface area (Å²) in [5, 5.41) is 10.5. The molecule has 0 bridgehead atoms. The summed E-state index contributed by atoms with van der Waals surface area (Å²) >= 11 is 0. The lowest BCUT2D eigenvalue weighted by Gasteiger charge is -2.21. The van der Waals surface area contributed by atoms with E-state index in [1.54, 1.807) is 0 Å². The second-order valence-corrected chi connectivity index (χ2v) is 27.2. The average molecular weight is 1260 g/mol. The number of ether oxygens (including phenoxy) is 4. The van der Waals surface area contributed by atoms with Crippen molar-refractivity contribution in [3.63, 3.8) is 0 Å². The summed E-state index contributed by atoms with van der Waals surface area (Å²) in [6.45, 7) is 7.17. The van der Waals surface area contributed by atoms with Gasteiger partial charge in [-0.2, -0.15) is 0 Å². The van der Waals surface area contributed by atoms with Crippen molar-refractivity contribution in [1.29, 1.82) is 0 Å². The summed E-state index contributed by atoms with van der Waals surface area (Å²) in [7, 11) is -9.88. The maximum absolute atomic E-state index is 13.0. The van der Waals surface area contributed by atoms with Crippen LogP contribution in [0.3, 0.4) is 0 Å². The van der Waals surface area contributed by atoms with Crippen molar-refractivity contribution < 1.29 is 80.2 Å². The van der Waals surface area contributed by atoms with Crippen LogP contribution in [0.25, 0.3) is 0 Å². The lowest BCUT2D eigenvalue weighted by atomic mass is 10.0. The fourth-order valence-corrected chi connectivity index (χ4v) is 11.5. The number of aliphatic hydroxyl groups is 1. The summed E-state index contributed by atoms with van der Waals surface area (Å²) in [6.07, 6.45) is 44.5. The molecule has 0 heterocycles. The lowest BCUT2D eigenvalue weighted by molar-refractivity contribution is -0.161. The van der Waals surface area contributed by atoms with Crippen LogP contribution in [-0.2, 0) is 65.4 Å². The molecule has 0 rings (SSSR count). The van der Waals surface area contributed by atoms with Gasteiger partial charge in [0, 0.05) is 25.7 Å². The molecule has 0 aliphatic heterocycles. The fraction of sp³-hybridized carbons (Fsp3) is 0.939. The van der Waals surface area contributed by atoms with E-state index in [2.05, 4.69) is 34.6 Å². The molecule has 2 unspecified atom stereocenters. The van der Waals surface area contributed by atoms with Gasteiger partial charge in [-0.3, -0.25) is 37.3 Å². The fourth-order valence-electron chi connectivity index (χ4n) is 9.94. The summed E-state index contributed by atoms with van der Waals surface area (Å²) in [6, 6.07) is 0. The Hall–Kier alpha value is -1.94. The highest BCUT2D eigenvalue weighted by Crippen LogP contribution is 2.45. The van der Waals surface area contributed by atoms with Crippen LogP contribution in [-0.4, -0.2) is 96.7 Å². The van der Waals surface area contributed by atoms with Crippen LogP contribution in [0.15, 0.2) is 0 Å². The minimum atomic E-state index is -4.95. The molecule has 0 radical (unpaired) electrons. The SMILES string of the molecule is CCCCCCCCCCCCCCCCCC(=O)O[C@H](COC(=O)CCCCCCCCCCCCCC(C)C)COP(=O)(O)OC[C@@H](O)COP(=O)(O)OC[C@@H](COC(=O)CCCCCCCCC)OC(=O)CCCCCCCCCCC. The van der Waals surface area contributed by atoms with Crippen LogP contribution in [0.5, 0.6) is 0 Å². The number of phosphoric ester groups is 2. The van der Waals surface area contributed by atoms with Gasteiger partial charge in [-0.1, -0.05) is 285 Å². The molecule has 85 heavy (non-hydrogen) atoms. The largest absolute Gasteiger partial charge is 0.472 e. The topological polar surface area (TPSA) is 237 Å². The molecule has 0 saturated carbocycles. The molecule has 17 nitrogen and oxygen atoms in total. The molecule has 19 heteroatoms. The molecule has 0 aromatic heterocycles. The summed E-state index contributed by atoms with van der Waals surface area (Å²) in [4.78, 5) is 72.2. The second kappa shape index (κ2) is 59.7. The van der Waals surface area contributed by atoms with Gasteiger partial charge in [-0.05, 0) is 31.6 Å². The van der Waals surface area contributed by atoms with Gasteiger partial charge >= 0.3 is 39.5 Å². The van der Waals surface area contributed by atoms with Crippen LogP contribution in [0, 0.1) is 5.92 Å². The van der Waals surface area contributed by atoms with Gasteiger partial charge in [-0.15, -0.1) is 0 Å². The smallest absolute Gasteiger partial charge is 0.462 e. The van der Waals surface area contributed by atoms with Crippen molar-refractivity contribution in [3.8, 4) is 0 Å². The van der Waals surface area contributed by atoms with Gasteiger partial charge in [0.15, 0.2) is 12.2 Å². The van der Waals surface area contributed by atoms with Crippen LogP contribution < -0.4 is 0 Å². The van der Waals surface area contributed by atoms with Crippen molar-refractivity contribution in [2.24, 2.45) is 5.92 Å². The summed E-state index contributed by atoms with van der Waals surface area (Å²) in [5.74, 6) is -1.36. The molecule has 0 aliphatic carbocycles. The van der Waals surface area contributed by atoms with Gasteiger partial charge in [0.25, 0.3) is 0 Å². The third kappa shape index (κ3) is 60.7. The van der Waals surface area contributed by atoms with E-state index in [-0.39, 0.29) is 25.7 Å². The van der Waals surface area contributed by atoms with Gasteiger partial charge in [-0.25, -0.2) is 9.13 Å². The quantitative estimate of drug-likeness (QED) is 0.0222. The minimum Gasteiger partial charge on any atom is -0.462 e. The van der Waals surface area contributed by atoms with Gasteiger partial charge < -0.3 is 33.8 Å². The molecular formula is C66H128O17P2. The number of hydrogen-bond acceptors (Lipinski definition) is 15. The molecule has 5 atom stereocenters. The van der Waals surface area contributed by atoms with E-state index in [4.69, 9.17) is 37.0 Å². The third-order valence-corrected chi connectivity index (χ3v) is 17.2. The molecule has 0 amide bonds. The van der Waals surface area contributed by atoms with Gasteiger partial charge in [0.2, 0.25) is 0 Å². The second-order valence-electron chi connectivity index (χ2n) is 24.3. The summed E-state index contributed by atoms with van der Waals surface area (Å²) < 4.78 is 68.0. The van der Waals surface area contributed by atoms with Crippen molar-refractivity contribution in [1.82, 2.24) is 0 Å². The van der Waals surface area contributed by atoms with Crippen LogP contribution >= 0.6 is 15.6 Å². The van der Waals surface area contributed by atoms with Crippen molar-refractivity contribution >= 4 is 39.5 Å². The zero-order chi connectivity index (χ0) is 62.8. The zero-order valence-corrected chi connectivity index (χ0v) is 56.5. The number of carbonyl (C=O) groups excluding carboxylic acids is 4. The first-order chi connectivity index (χ1) is 41.0. The van der Waals surface area contributed by atoms with Gasteiger partial charge in [0.1, 0.15) is 19.3 Å². The zero-order valence-electron chi connectivity index (χ0n) is 54.7. The number of hydrogen-bond donors (Lipinski definition) is 3. The molecule has 0 aromatic rings. The van der Waals surface area contributed by atoms with Crippen molar-refractivity contribution in [3.05, 3.63) is 0 Å². The predicted molar refractivity (Wildman–Crippen MR) is 340 cm³/mol. The molecule has 0 saturated heterocycles. The number of esters is 4. The van der Waals surface area contributed by atoms with E-state index in [1.165, 1.54) is 148 Å². The highest BCUT2D eigenvalue weighted by molar-refractivity contribution is 7.47. The maximum Gasteiger partial charge on any atom is 0.472 e. The maximum atomic E-state index is 13.0. The first-order valence-electron chi connectivity index (χ1n) is 34.6. The van der Waals surface area contributed by atoms with Gasteiger partial charge in [0.05, 0.1) is 26.4 Å². The summed E-state index contributed by atoms with van der Waals surface area (Å²) in [5.41, 5.74) is 0. The van der Waals surface area contributed by atoms with Crippen molar-refractivity contribution in [2.45, 2.75) is 355 Å². The van der Waals surface area contributed by atoms with Crippen LogP contribution in [0.1, 0.15) is 336 Å². The molecule has 0 spiro atoms. The normalized spacial score (nSPS) is 14.2. The van der Waals surface area contributed by atoms with Crippen LogP contribution in [0.2, 0.25) is 0 Å². The number of unbranched alkanes of at least 4 members (excludes halogenated alkanes) is 38. The van der Waals surface area contributed by atoms with E-state index in [9.17, 15) is 43.2 Å². The first-order valence-corrected chi connectivity index (χ1v) is 37.6. The average Bonchev–Trinajstić information content (AvgIpc) is 3.50. The van der Waals surface area contributed by atoms with Crippen molar-refractivity contribution in [2.75, 3.05) is 39.6 Å². The van der Waals surface area contributed by atoms with E-state index >= 15 is 0 Å². The number of rotatable bonds is 66. The highest BCUT2D eigenvalue weighted by Gasteiger charge is 2.30. The Morgan fingerprint density at radius 3 is 0.800 bits per heavy atom. The Labute approximate surface area is 517 Å². The molecule has 0 aliphatic rings. The first kappa shape index (κ1) is 83.1. The predicted octanol–water partition coefficient (Wildman–Crippen LogP) is 18.6. The third-order valence-electron chi connectivity index (χ3n) is 15.3. The van der Waals surface area contributed by atoms with Crippen LogP contribution in [0.4, 0.5) is 0 Å². The Morgan fingerprint density at radius 2 is 0.541 bits per heavy atom. The Balaban J connectivity index is 5.20. The standard InChI is InChI=1S/C66H128O17P2/c1-6-9-12-15-18-20-21-22-23-24-27-32-37-42-47-52-66(71)83-62(56-77-64(69)50-45-40-35-31-28-25-26-30-34-38-43-48-59(4)5)58-81-85(74,75)79-54-60(67)53-78-84(72,73)80-57-61(55-76-63(68)49-44-39-33-17-14-11-8-3)82-65(70)51-46-41-36-29-19-16-13-10-7-2/h59-62,67H,6-58H2,1-5H3,(H,72,73)(H,74,75)/t60-,61+,62+/m0/s1.